The molecule has 1 fully saturated rings. The summed E-state index contributed by atoms with van der Waals surface area (Å²) in [5.41, 5.74) is 6.32. The lowest BCUT2D eigenvalue weighted by atomic mass is 10.0. The van der Waals surface area contributed by atoms with E-state index < -0.39 is 0 Å². The molecule has 2 heterocycles. The molecule has 0 radical (unpaired) electrons. The Hall–Kier alpha value is -1.56. The molecule has 19 heavy (non-hydrogen) atoms. The molecular weight excluding hydrogens is 262 g/mol. The Labute approximate surface area is 116 Å². The van der Waals surface area contributed by atoms with Gasteiger partial charge < -0.3 is 16.0 Å². The summed E-state index contributed by atoms with van der Waals surface area (Å²) in [6, 6.07) is 1.95. The average molecular weight is 281 g/mol. The number of carbonyl (C=O) groups excluding carboxylic acids is 2. The molecule has 1 saturated heterocycles. The van der Waals surface area contributed by atoms with Gasteiger partial charge >= 0.3 is 0 Å². The molecule has 6 heteroatoms. The van der Waals surface area contributed by atoms with Crippen LogP contribution in [0.3, 0.4) is 0 Å². The van der Waals surface area contributed by atoms with Crippen molar-refractivity contribution in [2.24, 2.45) is 0 Å². The van der Waals surface area contributed by atoms with E-state index in [0.29, 0.717) is 30.1 Å². The van der Waals surface area contributed by atoms with Gasteiger partial charge in [0, 0.05) is 25.6 Å². The highest BCUT2D eigenvalue weighted by molar-refractivity contribution is 7.12. The Morgan fingerprint density at radius 3 is 2.68 bits per heavy atom. The van der Waals surface area contributed by atoms with Crippen LogP contribution in [0.15, 0.2) is 11.4 Å². The number of rotatable bonds is 3. The number of hydrogen-bond donors (Lipinski definition) is 2. The fourth-order valence-electron chi connectivity index (χ4n) is 2.19. The van der Waals surface area contributed by atoms with E-state index in [1.807, 2.05) is 17.2 Å². The highest BCUT2D eigenvalue weighted by Crippen LogP contribution is 2.22. The van der Waals surface area contributed by atoms with Crippen molar-refractivity contribution in [3.05, 3.63) is 16.3 Å². The van der Waals surface area contributed by atoms with Crippen molar-refractivity contribution in [2.75, 3.05) is 18.8 Å². The van der Waals surface area contributed by atoms with Gasteiger partial charge in [-0.15, -0.1) is 11.3 Å². The Morgan fingerprint density at radius 1 is 1.47 bits per heavy atom. The minimum atomic E-state index is 0.00719. The number of nitrogen functional groups attached to an aromatic ring is 1. The molecule has 0 aromatic carbocycles. The number of nitrogens with zero attached hydrogens (tertiary/aromatic N) is 1. The van der Waals surface area contributed by atoms with Gasteiger partial charge in [0.2, 0.25) is 5.91 Å². The number of hydrogen-bond acceptors (Lipinski definition) is 4. The van der Waals surface area contributed by atoms with Crippen LogP contribution in [0.5, 0.6) is 0 Å². The van der Waals surface area contributed by atoms with Crippen LogP contribution in [0.4, 0.5) is 5.69 Å². The fraction of sp³-hybridized carbons (Fsp3) is 0.538. The molecule has 0 atom stereocenters. The second kappa shape index (κ2) is 6.06. The monoisotopic (exact) mass is 281 g/mol. The Kier molecular flexibility index (Phi) is 4.42. The summed E-state index contributed by atoms with van der Waals surface area (Å²) in [7, 11) is 0. The van der Waals surface area contributed by atoms with Gasteiger partial charge in [0.1, 0.15) is 4.88 Å². The molecule has 104 valence electrons. The number of amides is 2. The third kappa shape index (κ3) is 3.26. The van der Waals surface area contributed by atoms with E-state index in [4.69, 9.17) is 5.73 Å². The maximum atomic E-state index is 12.2. The summed E-state index contributed by atoms with van der Waals surface area (Å²) in [5.74, 6) is 0.0834. The molecule has 5 nitrogen and oxygen atoms in total. The van der Waals surface area contributed by atoms with Crippen molar-refractivity contribution in [1.82, 2.24) is 10.2 Å². The predicted octanol–water partition coefficient (Wildman–Crippen LogP) is 1.46. The van der Waals surface area contributed by atoms with Crippen LogP contribution < -0.4 is 11.1 Å². The van der Waals surface area contributed by atoms with E-state index in [1.54, 1.807) is 6.07 Å². The summed E-state index contributed by atoms with van der Waals surface area (Å²) in [6.07, 6.45) is 2.12. The van der Waals surface area contributed by atoms with Gasteiger partial charge in [0.05, 0.1) is 5.69 Å². The molecule has 1 aromatic heterocycles. The number of nitrogens with two attached hydrogens (primary N) is 1. The number of anilines is 1. The number of nitrogens with one attached hydrogen (secondary N) is 1. The number of thiophene rings is 1. The number of carbonyl (C=O) groups is 2. The molecule has 2 amide bonds. The molecule has 1 aromatic rings. The van der Waals surface area contributed by atoms with Gasteiger partial charge in [-0.3, -0.25) is 9.59 Å². The smallest absolute Gasteiger partial charge is 0.266 e. The molecular formula is C13H19N3O2S. The van der Waals surface area contributed by atoms with Crippen molar-refractivity contribution in [2.45, 2.75) is 32.2 Å². The van der Waals surface area contributed by atoms with E-state index in [2.05, 4.69) is 5.32 Å². The number of likely N-dealkylation sites (tertiary alicyclic amines) is 1. The summed E-state index contributed by atoms with van der Waals surface area (Å²) < 4.78 is 0. The molecule has 1 aliphatic rings. The third-order valence-corrected chi connectivity index (χ3v) is 4.28. The first-order valence-corrected chi connectivity index (χ1v) is 7.41. The fourth-order valence-corrected chi connectivity index (χ4v) is 2.98. The predicted molar refractivity (Wildman–Crippen MR) is 76.1 cm³/mol. The van der Waals surface area contributed by atoms with Gasteiger partial charge in [-0.05, 0) is 24.3 Å². The second-order valence-corrected chi connectivity index (χ2v) is 5.61. The van der Waals surface area contributed by atoms with Crippen molar-refractivity contribution in [3.8, 4) is 0 Å². The summed E-state index contributed by atoms with van der Waals surface area (Å²) in [5, 5.41) is 4.81. The van der Waals surface area contributed by atoms with Crippen LogP contribution in [-0.4, -0.2) is 35.8 Å². The lowest BCUT2D eigenvalue weighted by molar-refractivity contribution is -0.121. The minimum Gasteiger partial charge on any atom is -0.397 e. The van der Waals surface area contributed by atoms with E-state index in [0.717, 1.165) is 12.8 Å². The van der Waals surface area contributed by atoms with Crippen LogP contribution in [0.25, 0.3) is 0 Å². The van der Waals surface area contributed by atoms with Crippen molar-refractivity contribution >= 4 is 28.8 Å². The SMILES string of the molecule is CCC(=O)NC1CCN(C(=O)c2sccc2N)CC1. The van der Waals surface area contributed by atoms with Gasteiger partial charge in [-0.2, -0.15) is 0 Å². The Bertz CT molecular complexity index is 464. The van der Waals surface area contributed by atoms with Gasteiger partial charge in [-0.1, -0.05) is 6.92 Å². The van der Waals surface area contributed by atoms with E-state index in [1.165, 1.54) is 11.3 Å². The van der Waals surface area contributed by atoms with Crippen LogP contribution >= 0.6 is 11.3 Å². The molecule has 0 bridgehead atoms. The van der Waals surface area contributed by atoms with Gasteiger partial charge in [-0.25, -0.2) is 0 Å². The zero-order valence-electron chi connectivity index (χ0n) is 11.0. The number of piperidine rings is 1. The molecule has 1 aliphatic heterocycles. The largest absolute Gasteiger partial charge is 0.397 e. The Morgan fingerprint density at radius 2 is 2.16 bits per heavy atom. The quantitative estimate of drug-likeness (QED) is 0.880. The summed E-state index contributed by atoms with van der Waals surface area (Å²) in [4.78, 5) is 26.0. The highest BCUT2D eigenvalue weighted by Gasteiger charge is 2.25. The standard InChI is InChI=1S/C13H19N3O2S/c1-2-11(17)15-9-3-6-16(7-4-9)13(18)12-10(14)5-8-19-12/h5,8-9H,2-4,6-7,14H2,1H3,(H,15,17). The van der Waals surface area contributed by atoms with Crippen molar-refractivity contribution in [1.29, 1.82) is 0 Å². The molecule has 2 rings (SSSR count). The van der Waals surface area contributed by atoms with Gasteiger partial charge in [0.15, 0.2) is 0 Å². The van der Waals surface area contributed by atoms with E-state index in [-0.39, 0.29) is 17.9 Å². The first-order valence-electron chi connectivity index (χ1n) is 6.53. The summed E-state index contributed by atoms with van der Waals surface area (Å²) in [6.45, 7) is 3.18. The molecule has 3 N–H and O–H groups in total. The van der Waals surface area contributed by atoms with Gasteiger partial charge in [0.25, 0.3) is 5.91 Å². The van der Waals surface area contributed by atoms with E-state index in [9.17, 15) is 9.59 Å². The Balaban J connectivity index is 1.88. The lowest BCUT2D eigenvalue weighted by Gasteiger charge is -2.32. The first-order chi connectivity index (χ1) is 9.11. The zero-order chi connectivity index (χ0) is 13.8. The molecule has 0 spiro atoms. The second-order valence-electron chi connectivity index (χ2n) is 4.69. The van der Waals surface area contributed by atoms with Crippen molar-refractivity contribution in [3.63, 3.8) is 0 Å². The normalized spacial score (nSPS) is 16.4. The molecule has 0 aliphatic carbocycles. The third-order valence-electron chi connectivity index (χ3n) is 3.36. The maximum absolute atomic E-state index is 12.2. The van der Waals surface area contributed by atoms with Crippen LogP contribution in [-0.2, 0) is 4.79 Å². The maximum Gasteiger partial charge on any atom is 0.266 e. The summed E-state index contributed by atoms with van der Waals surface area (Å²) >= 11 is 1.38. The first kappa shape index (κ1) is 13.9. The topological polar surface area (TPSA) is 75.4 Å². The zero-order valence-corrected chi connectivity index (χ0v) is 11.8. The van der Waals surface area contributed by atoms with E-state index >= 15 is 0 Å². The van der Waals surface area contributed by atoms with Crippen molar-refractivity contribution < 1.29 is 9.59 Å². The molecule has 0 saturated carbocycles. The molecule has 0 unspecified atom stereocenters. The average Bonchev–Trinajstić information content (AvgIpc) is 2.85. The lowest BCUT2D eigenvalue weighted by Crippen LogP contribution is -2.46. The van der Waals surface area contributed by atoms with Crippen LogP contribution in [0.1, 0.15) is 35.9 Å². The van der Waals surface area contributed by atoms with Crippen LogP contribution in [0, 0.1) is 0 Å². The highest BCUT2D eigenvalue weighted by atomic mass is 32.1. The minimum absolute atomic E-state index is 0.00719. The van der Waals surface area contributed by atoms with Crippen LogP contribution in [0.2, 0.25) is 0 Å².